The summed E-state index contributed by atoms with van der Waals surface area (Å²) in [6, 6.07) is 18.3. The average molecular weight is 343 g/mol. The first-order valence-corrected chi connectivity index (χ1v) is 8.49. The van der Waals surface area contributed by atoms with E-state index in [1.54, 1.807) is 0 Å². The lowest BCUT2D eigenvalue weighted by molar-refractivity contribution is 0.102. The number of anilines is 1. The minimum Gasteiger partial charge on any atom is -0.322 e. The zero-order valence-corrected chi connectivity index (χ0v) is 14.4. The van der Waals surface area contributed by atoms with Gasteiger partial charge < -0.3 is 10.6 Å². The van der Waals surface area contributed by atoms with Crippen LogP contribution in [0.25, 0.3) is 0 Å². The molecule has 2 aromatic rings. The van der Waals surface area contributed by atoms with Gasteiger partial charge in [-0.3, -0.25) is 4.79 Å². The highest BCUT2D eigenvalue weighted by molar-refractivity contribution is 6.04. The van der Waals surface area contributed by atoms with Gasteiger partial charge in [-0.1, -0.05) is 30.3 Å². The highest BCUT2D eigenvalue weighted by atomic mass is 35.5. The molecule has 0 bridgehead atoms. The van der Waals surface area contributed by atoms with Crippen molar-refractivity contribution in [3.05, 3.63) is 65.7 Å². The van der Waals surface area contributed by atoms with E-state index in [4.69, 9.17) is 0 Å². The molecule has 0 aliphatic heterocycles. The molecule has 2 atom stereocenters. The van der Waals surface area contributed by atoms with Crippen LogP contribution in [0.2, 0.25) is 0 Å². The van der Waals surface area contributed by atoms with E-state index in [2.05, 4.69) is 16.7 Å². The summed E-state index contributed by atoms with van der Waals surface area (Å²) in [6.45, 7) is 1.16. The number of halogens is 1. The molecular weight excluding hydrogens is 320 g/mol. The van der Waals surface area contributed by atoms with Crippen LogP contribution < -0.4 is 10.6 Å². The second-order valence-electron chi connectivity index (χ2n) is 6.75. The summed E-state index contributed by atoms with van der Waals surface area (Å²) in [5, 5.41) is 6.60. The van der Waals surface area contributed by atoms with Crippen LogP contribution in [0.1, 0.15) is 41.1 Å². The zero-order chi connectivity index (χ0) is 15.6. The third-order valence-corrected chi connectivity index (χ3v) is 4.76. The van der Waals surface area contributed by atoms with Crippen molar-refractivity contribution in [3.63, 3.8) is 0 Å². The van der Waals surface area contributed by atoms with Crippen molar-refractivity contribution >= 4 is 24.0 Å². The van der Waals surface area contributed by atoms with Crippen molar-refractivity contribution in [3.8, 4) is 0 Å². The topological polar surface area (TPSA) is 41.1 Å². The van der Waals surface area contributed by atoms with Gasteiger partial charge >= 0.3 is 0 Å². The van der Waals surface area contributed by atoms with Gasteiger partial charge in [-0.2, -0.15) is 0 Å². The quantitative estimate of drug-likeness (QED) is 0.825. The summed E-state index contributed by atoms with van der Waals surface area (Å²) < 4.78 is 0. The first-order chi connectivity index (χ1) is 11.3. The van der Waals surface area contributed by atoms with Gasteiger partial charge in [-0.15, -0.1) is 12.4 Å². The highest BCUT2D eigenvalue weighted by Gasteiger charge is 2.39. The molecule has 0 radical (unpaired) electrons. The van der Waals surface area contributed by atoms with Crippen LogP contribution in [-0.4, -0.2) is 18.5 Å². The Labute approximate surface area is 149 Å². The highest BCUT2D eigenvalue weighted by Crippen LogP contribution is 2.41. The summed E-state index contributed by atoms with van der Waals surface area (Å²) in [5.41, 5.74) is 2.84. The van der Waals surface area contributed by atoms with Gasteiger partial charge in [0.1, 0.15) is 0 Å². The Bertz CT molecular complexity index is 700. The van der Waals surface area contributed by atoms with Crippen LogP contribution in [0.4, 0.5) is 5.69 Å². The smallest absolute Gasteiger partial charge is 0.255 e. The molecule has 126 valence electrons. The Hall–Kier alpha value is -1.84. The number of nitrogens with one attached hydrogen (secondary N) is 2. The van der Waals surface area contributed by atoms with E-state index < -0.39 is 0 Å². The molecule has 2 unspecified atom stereocenters. The zero-order valence-electron chi connectivity index (χ0n) is 13.6. The van der Waals surface area contributed by atoms with Crippen molar-refractivity contribution in [1.82, 2.24) is 5.32 Å². The van der Waals surface area contributed by atoms with Crippen LogP contribution in [-0.2, 0) is 0 Å². The Morgan fingerprint density at radius 3 is 2.58 bits per heavy atom. The largest absolute Gasteiger partial charge is 0.322 e. The standard InChI is InChI=1S/C20H22N2O.ClH/c23-20(22-17-7-2-1-3-8-17)16-6-4-5-15(11-16)18-12-19(18)21-13-14-9-10-14;/h1-8,11,14,18-19,21H,9-10,12-13H2,(H,22,23);1H. The van der Waals surface area contributed by atoms with Crippen molar-refractivity contribution in [1.29, 1.82) is 0 Å². The summed E-state index contributed by atoms with van der Waals surface area (Å²) >= 11 is 0. The lowest BCUT2D eigenvalue weighted by Crippen LogP contribution is -2.20. The number of hydrogen-bond donors (Lipinski definition) is 2. The molecule has 2 saturated carbocycles. The third kappa shape index (κ3) is 4.16. The second-order valence-corrected chi connectivity index (χ2v) is 6.75. The number of para-hydroxylation sites is 1. The van der Waals surface area contributed by atoms with E-state index >= 15 is 0 Å². The summed E-state index contributed by atoms with van der Waals surface area (Å²) in [5.74, 6) is 1.44. The van der Waals surface area contributed by atoms with Gasteiger partial charge in [0.05, 0.1) is 0 Å². The van der Waals surface area contributed by atoms with Crippen molar-refractivity contribution in [2.24, 2.45) is 5.92 Å². The van der Waals surface area contributed by atoms with Crippen molar-refractivity contribution < 1.29 is 4.79 Å². The van der Waals surface area contributed by atoms with Crippen LogP contribution in [0.15, 0.2) is 54.6 Å². The normalized spacial score (nSPS) is 21.7. The van der Waals surface area contributed by atoms with Gasteiger partial charge in [-0.05, 0) is 61.6 Å². The lowest BCUT2D eigenvalue weighted by atomic mass is 10.1. The molecule has 2 aromatic carbocycles. The Kier molecular flexibility index (Phi) is 5.22. The number of amides is 1. The fraction of sp³-hybridized carbons (Fsp3) is 0.350. The Morgan fingerprint density at radius 2 is 1.83 bits per heavy atom. The molecule has 4 heteroatoms. The fourth-order valence-corrected chi connectivity index (χ4v) is 3.06. The summed E-state index contributed by atoms with van der Waals surface area (Å²) in [6.07, 6.45) is 3.97. The van der Waals surface area contributed by atoms with Crippen LogP contribution in [0, 0.1) is 5.92 Å². The first-order valence-electron chi connectivity index (χ1n) is 8.49. The average Bonchev–Trinajstić information content (AvgIpc) is 3.48. The van der Waals surface area contributed by atoms with E-state index in [0.717, 1.165) is 23.7 Å². The van der Waals surface area contributed by atoms with Crippen LogP contribution in [0.3, 0.4) is 0 Å². The molecule has 0 spiro atoms. The first kappa shape index (κ1) is 17.0. The number of carbonyl (C=O) groups excluding carboxylic acids is 1. The molecule has 24 heavy (non-hydrogen) atoms. The predicted molar refractivity (Wildman–Crippen MR) is 100.0 cm³/mol. The molecule has 1 amide bonds. The van der Waals surface area contributed by atoms with Crippen LogP contribution in [0.5, 0.6) is 0 Å². The van der Waals surface area contributed by atoms with Gasteiger partial charge in [0.15, 0.2) is 0 Å². The van der Waals surface area contributed by atoms with Gasteiger partial charge in [0, 0.05) is 23.2 Å². The van der Waals surface area contributed by atoms with E-state index in [1.165, 1.54) is 24.8 Å². The number of benzene rings is 2. The minimum atomic E-state index is -0.0406. The summed E-state index contributed by atoms with van der Waals surface area (Å²) in [7, 11) is 0. The van der Waals surface area contributed by atoms with E-state index in [-0.39, 0.29) is 18.3 Å². The third-order valence-electron chi connectivity index (χ3n) is 4.76. The fourth-order valence-electron chi connectivity index (χ4n) is 3.06. The molecule has 3 nitrogen and oxygen atoms in total. The molecular formula is C20H23ClN2O. The van der Waals surface area contributed by atoms with Gasteiger partial charge in [-0.25, -0.2) is 0 Å². The Morgan fingerprint density at radius 1 is 1.04 bits per heavy atom. The van der Waals surface area contributed by atoms with Crippen molar-refractivity contribution in [2.75, 3.05) is 11.9 Å². The molecule has 4 rings (SSSR count). The van der Waals surface area contributed by atoms with E-state index in [1.807, 2.05) is 48.5 Å². The number of carbonyl (C=O) groups is 1. The maximum absolute atomic E-state index is 12.4. The second kappa shape index (κ2) is 7.37. The van der Waals surface area contributed by atoms with E-state index in [9.17, 15) is 4.79 Å². The van der Waals surface area contributed by atoms with Crippen molar-refractivity contribution in [2.45, 2.75) is 31.2 Å². The van der Waals surface area contributed by atoms with Gasteiger partial charge in [0.2, 0.25) is 0 Å². The van der Waals surface area contributed by atoms with Crippen LogP contribution >= 0.6 is 12.4 Å². The molecule has 2 aliphatic carbocycles. The monoisotopic (exact) mass is 342 g/mol. The number of rotatable bonds is 6. The van der Waals surface area contributed by atoms with Gasteiger partial charge in [0.25, 0.3) is 5.91 Å². The molecule has 0 aromatic heterocycles. The van der Waals surface area contributed by atoms with E-state index in [0.29, 0.717) is 12.0 Å². The maximum atomic E-state index is 12.4. The summed E-state index contributed by atoms with van der Waals surface area (Å²) in [4.78, 5) is 12.4. The predicted octanol–water partition coefficient (Wildman–Crippen LogP) is 4.22. The minimum absolute atomic E-state index is 0. The Balaban J connectivity index is 0.00000169. The molecule has 0 saturated heterocycles. The molecule has 2 aliphatic rings. The molecule has 2 fully saturated rings. The molecule has 0 heterocycles. The SMILES string of the molecule is Cl.O=C(Nc1ccccc1)c1cccc(C2CC2NCC2CC2)c1. The lowest BCUT2D eigenvalue weighted by Gasteiger charge is -2.07. The maximum Gasteiger partial charge on any atom is 0.255 e. The molecule has 2 N–H and O–H groups in total. The number of hydrogen-bond acceptors (Lipinski definition) is 2.